The molecule has 2 N–H and O–H groups in total. The van der Waals surface area contributed by atoms with E-state index in [1.54, 1.807) is 7.05 Å². The Morgan fingerprint density at radius 1 is 1.25 bits per heavy atom. The quantitative estimate of drug-likeness (QED) is 0.892. The van der Waals surface area contributed by atoms with E-state index in [0.29, 0.717) is 12.1 Å². The van der Waals surface area contributed by atoms with Crippen LogP contribution < -0.4 is 5.32 Å². The van der Waals surface area contributed by atoms with Crippen LogP contribution in [0, 0.1) is 0 Å². The normalized spacial score (nSPS) is 23.9. The Bertz CT molecular complexity index is 459. The number of halogens is 3. The highest BCUT2D eigenvalue weighted by Gasteiger charge is 2.32. The maximum absolute atomic E-state index is 12.8. The fourth-order valence-corrected chi connectivity index (χ4v) is 2.96. The third-order valence-corrected chi connectivity index (χ3v) is 3.97. The Morgan fingerprint density at radius 2 is 1.95 bits per heavy atom. The van der Waals surface area contributed by atoms with Crippen LogP contribution >= 0.6 is 0 Å². The summed E-state index contributed by atoms with van der Waals surface area (Å²) in [5.41, 5.74) is 0.852. The van der Waals surface area contributed by atoms with Crippen molar-refractivity contribution in [3.63, 3.8) is 0 Å². The number of nitrogens with one attached hydrogen (secondary N) is 1. The molecular weight excluding hydrogens is 267 g/mol. The first-order valence-electron chi connectivity index (χ1n) is 6.96. The zero-order valence-corrected chi connectivity index (χ0v) is 11.5. The Hall–Kier alpha value is -1.07. The van der Waals surface area contributed by atoms with Gasteiger partial charge in [0.15, 0.2) is 0 Å². The molecule has 1 saturated carbocycles. The number of aliphatic hydroxyl groups excluding tert-OH is 1. The molecule has 0 heterocycles. The molecule has 0 amide bonds. The third kappa shape index (κ3) is 3.33. The van der Waals surface area contributed by atoms with Gasteiger partial charge in [0.1, 0.15) is 0 Å². The van der Waals surface area contributed by atoms with Crippen molar-refractivity contribution in [3.8, 4) is 0 Å². The standard InChI is InChI=1S/C15H20F3NO/c1-19-9-10-8-11(15(16,17)18)6-7-12(10)13-4-2-3-5-14(13)20/h6-8,13-14,19-20H,2-5,9H2,1H3. The molecule has 112 valence electrons. The van der Waals surface area contributed by atoms with Crippen molar-refractivity contribution in [3.05, 3.63) is 34.9 Å². The van der Waals surface area contributed by atoms with Gasteiger partial charge in [0, 0.05) is 12.5 Å². The number of hydrogen-bond donors (Lipinski definition) is 2. The van der Waals surface area contributed by atoms with Gasteiger partial charge >= 0.3 is 6.18 Å². The molecule has 1 aliphatic carbocycles. The summed E-state index contributed by atoms with van der Waals surface area (Å²) in [6, 6.07) is 3.86. The molecule has 20 heavy (non-hydrogen) atoms. The number of alkyl halides is 3. The first-order valence-corrected chi connectivity index (χ1v) is 6.96. The van der Waals surface area contributed by atoms with Gasteiger partial charge in [0.25, 0.3) is 0 Å². The summed E-state index contributed by atoms with van der Waals surface area (Å²) in [6.45, 7) is 0.377. The van der Waals surface area contributed by atoms with Crippen LogP contribution in [0.4, 0.5) is 13.2 Å². The summed E-state index contributed by atoms with van der Waals surface area (Å²) < 4.78 is 38.4. The van der Waals surface area contributed by atoms with Crippen molar-refractivity contribution in [2.45, 2.75) is 50.4 Å². The van der Waals surface area contributed by atoms with Crippen molar-refractivity contribution in [1.82, 2.24) is 5.32 Å². The summed E-state index contributed by atoms with van der Waals surface area (Å²) in [4.78, 5) is 0. The molecule has 0 spiro atoms. The van der Waals surface area contributed by atoms with Gasteiger partial charge in [-0.2, -0.15) is 13.2 Å². The van der Waals surface area contributed by atoms with Crippen LogP contribution in [-0.4, -0.2) is 18.3 Å². The molecule has 1 fully saturated rings. The van der Waals surface area contributed by atoms with Gasteiger partial charge in [-0.1, -0.05) is 18.9 Å². The van der Waals surface area contributed by atoms with Gasteiger partial charge in [-0.3, -0.25) is 0 Å². The van der Waals surface area contributed by atoms with Gasteiger partial charge in [-0.15, -0.1) is 0 Å². The molecule has 2 rings (SSSR count). The zero-order chi connectivity index (χ0) is 14.8. The number of aliphatic hydroxyl groups is 1. The van der Waals surface area contributed by atoms with Crippen LogP contribution in [0.2, 0.25) is 0 Å². The maximum Gasteiger partial charge on any atom is 0.416 e. The molecule has 2 atom stereocenters. The van der Waals surface area contributed by atoms with Gasteiger partial charge in [-0.25, -0.2) is 0 Å². The average Bonchev–Trinajstić information content (AvgIpc) is 2.39. The molecular formula is C15H20F3NO. The number of hydrogen-bond acceptors (Lipinski definition) is 2. The van der Waals surface area contributed by atoms with Gasteiger partial charge < -0.3 is 10.4 Å². The Balaban J connectivity index is 2.36. The van der Waals surface area contributed by atoms with Gasteiger partial charge in [0.05, 0.1) is 11.7 Å². The summed E-state index contributed by atoms with van der Waals surface area (Å²) in [5, 5.41) is 13.0. The smallest absolute Gasteiger partial charge is 0.392 e. The molecule has 1 aromatic rings. The van der Waals surface area contributed by atoms with E-state index in [-0.39, 0.29) is 5.92 Å². The zero-order valence-electron chi connectivity index (χ0n) is 11.5. The second kappa shape index (κ2) is 6.14. The lowest BCUT2D eigenvalue weighted by molar-refractivity contribution is -0.137. The van der Waals surface area contributed by atoms with Crippen molar-refractivity contribution in [2.75, 3.05) is 7.05 Å². The Labute approximate surface area is 117 Å². The summed E-state index contributed by atoms with van der Waals surface area (Å²) in [6.07, 6.45) is -1.21. The summed E-state index contributed by atoms with van der Waals surface area (Å²) >= 11 is 0. The van der Waals surface area contributed by atoms with E-state index in [1.165, 1.54) is 12.1 Å². The average molecular weight is 287 g/mol. The molecule has 1 aromatic carbocycles. The van der Waals surface area contributed by atoms with Crippen LogP contribution in [0.1, 0.15) is 48.3 Å². The number of rotatable bonds is 3. The fourth-order valence-electron chi connectivity index (χ4n) is 2.96. The van der Waals surface area contributed by atoms with E-state index >= 15 is 0 Å². The van der Waals surface area contributed by atoms with E-state index < -0.39 is 17.8 Å². The fraction of sp³-hybridized carbons (Fsp3) is 0.600. The highest BCUT2D eigenvalue weighted by Crippen LogP contribution is 2.37. The summed E-state index contributed by atoms with van der Waals surface area (Å²) in [7, 11) is 1.71. The maximum atomic E-state index is 12.8. The topological polar surface area (TPSA) is 32.3 Å². The SMILES string of the molecule is CNCc1cc(C(F)(F)F)ccc1C1CCCCC1O. The van der Waals surface area contributed by atoms with Crippen LogP contribution in [0.15, 0.2) is 18.2 Å². The highest BCUT2D eigenvalue weighted by molar-refractivity contribution is 5.36. The van der Waals surface area contributed by atoms with Crippen LogP contribution in [-0.2, 0) is 12.7 Å². The molecule has 5 heteroatoms. The molecule has 0 saturated heterocycles. The third-order valence-electron chi connectivity index (χ3n) is 3.97. The first kappa shape index (κ1) is 15.3. The van der Waals surface area contributed by atoms with E-state index in [1.807, 2.05) is 0 Å². The Kier molecular flexibility index (Phi) is 4.70. The second-order valence-corrected chi connectivity index (χ2v) is 5.40. The highest BCUT2D eigenvalue weighted by atomic mass is 19.4. The van der Waals surface area contributed by atoms with E-state index in [0.717, 1.165) is 37.3 Å². The minimum atomic E-state index is -4.33. The largest absolute Gasteiger partial charge is 0.416 e. The van der Waals surface area contributed by atoms with Gasteiger partial charge in [0.2, 0.25) is 0 Å². The van der Waals surface area contributed by atoms with Crippen molar-refractivity contribution >= 4 is 0 Å². The molecule has 0 bridgehead atoms. The second-order valence-electron chi connectivity index (χ2n) is 5.40. The van der Waals surface area contributed by atoms with Crippen LogP contribution in [0.5, 0.6) is 0 Å². The van der Waals surface area contributed by atoms with Gasteiger partial charge in [-0.05, 0) is 43.1 Å². The predicted molar refractivity (Wildman–Crippen MR) is 71.4 cm³/mol. The minimum absolute atomic E-state index is 0.0469. The molecule has 0 radical (unpaired) electrons. The van der Waals surface area contributed by atoms with Crippen LogP contribution in [0.25, 0.3) is 0 Å². The van der Waals surface area contributed by atoms with Crippen molar-refractivity contribution < 1.29 is 18.3 Å². The Morgan fingerprint density at radius 3 is 2.55 bits per heavy atom. The molecule has 0 aromatic heterocycles. The lowest BCUT2D eigenvalue weighted by atomic mass is 9.79. The summed E-state index contributed by atoms with van der Waals surface area (Å²) in [5.74, 6) is -0.0469. The lowest BCUT2D eigenvalue weighted by Gasteiger charge is -2.30. The molecule has 0 aliphatic heterocycles. The number of benzene rings is 1. The molecule has 1 aliphatic rings. The van der Waals surface area contributed by atoms with Crippen molar-refractivity contribution in [2.24, 2.45) is 0 Å². The molecule has 2 nitrogen and oxygen atoms in total. The van der Waals surface area contributed by atoms with E-state index in [9.17, 15) is 18.3 Å². The lowest BCUT2D eigenvalue weighted by Crippen LogP contribution is -2.24. The monoisotopic (exact) mass is 287 g/mol. The predicted octanol–water partition coefficient (Wildman–Crippen LogP) is 3.44. The van der Waals surface area contributed by atoms with E-state index in [4.69, 9.17) is 0 Å². The first-order chi connectivity index (χ1) is 9.43. The minimum Gasteiger partial charge on any atom is -0.392 e. The van der Waals surface area contributed by atoms with Crippen LogP contribution in [0.3, 0.4) is 0 Å². The molecule has 2 unspecified atom stereocenters. The van der Waals surface area contributed by atoms with E-state index in [2.05, 4.69) is 5.32 Å². The van der Waals surface area contributed by atoms with Crippen molar-refractivity contribution in [1.29, 1.82) is 0 Å².